The molecule has 3 rings (SSSR count). The zero-order valence-corrected chi connectivity index (χ0v) is 17.1. The number of nitrogens with zero attached hydrogens (tertiary/aromatic N) is 2. The van der Waals surface area contributed by atoms with Gasteiger partial charge in [0.25, 0.3) is 21.6 Å². The van der Waals surface area contributed by atoms with E-state index in [0.29, 0.717) is 10.1 Å². The van der Waals surface area contributed by atoms with Gasteiger partial charge in [0.2, 0.25) is 0 Å². The van der Waals surface area contributed by atoms with Gasteiger partial charge in [0.15, 0.2) is 0 Å². The summed E-state index contributed by atoms with van der Waals surface area (Å²) >= 11 is 6.14. The Morgan fingerprint density at radius 2 is 1.73 bits per heavy atom. The van der Waals surface area contributed by atoms with Gasteiger partial charge < -0.3 is 4.74 Å². The number of amides is 1. The fourth-order valence-electron chi connectivity index (χ4n) is 2.71. The first-order chi connectivity index (χ1) is 14.3. The van der Waals surface area contributed by atoms with Gasteiger partial charge >= 0.3 is 0 Å². The first-order valence-corrected chi connectivity index (χ1v) is 10.3. The van der Waals surface area contributed by atoms with Crippen molar-refractivity contribution in [3.63, 3.8) is 0 Å². The van der Waals surface area contributed by atoms with E-state index >= 15 is 0 Å². The third-order valence-electron chi connectivity index (χ3n) is 4.14. The number of carbonyl (C=O) groups is 1. The molecule has 0 atom stereocenters. The highest BCUT2D eigenvalue weighted by Crippen LogP contribution is 2.33. The molecule has 3 aromatic rings. The van der Waals surface area contributed by atoms with Gasteiger partial charge in [0.1, 0.15) is 5.75 Å². The van der Waals surface area contributed by atoms with Gasteiger partial charge in [0, 0.05) is 17.7 Å². The van der Waals surface area contributed by atoms with Crippen molar-refractivity contribution < 1.29 is 22.9 Å². The minimum Gasteiger partial charge on any atom is -0.495 e. The summed E-state index contributed by atoms with van der Waals surface area (Å²) in [6.07, 6.45) is 0. The number of rotatable bonds is 6. The lowest BCUT2D eigenvalue weighted by atomic mass is 10.2. The van der Waals surface area contributed by atoms with Crippen LogP contribution in [0, 0.1) is 10.1 Å². The topological polar surface area (TPSA) is 107 Å². The number of carbonyl (C=O) groups excluding carboxylic acids is 1. The first-order valence-electron chi connectivity index (χ1n) is 8.48. The summed E-state index contributed by atoms with van der Waals surface area (Å²) in [5, 5.41) is 11.2. The number of sulfonamides is 1. The van der Waals surface area contributed by atoms with Crippen LogP contribution in [0.1, 0.15) is 10.4 Å². The molecule has 0 heterocycles. The SMILES string of the molecule is COc1ccc(N(C(=O)c2cccc([N+](=O)[O-])c2)S(=O)(=O)c2ccccc2)cc1Cl. The van der Waals surface area contributed by atoms with Gasteiger partial charge in [0.05, 0.1) is 27.6 Å². The van der Waals surface area contributed by atoms with Gasteiger partial charge in [-0.3, -0.25) is 14.9 Å². The van der Waals surface area contributed by atoms with Crippen LogP contribution in [0.15, 0.2) is 77.7 Å². The van der Waals surface area contributed by atoms with Gasteiger partial charge in [-0.2, -0.15) is 4.31 Å². The number of nitro benzene ring substituents is 1. The number of hydrogen-bond acceptors (Lipinski definition) is 6. The Bertz CT molecular complexity index is 1210. The highest BCUT2D eigenvalue weighted by Gasteiger charge is 2.32. The summed E-state index contributed by atoms with van der Waals surface area (Å²) < 4.78 is 32.3. The molecule has 8 nitrogen and oxygen atoms in total. The molecular weight excluding hydrogens is 432 g/mol. The molecule has 0 aromatic heterocycles. The molecule has 0 saturated carbocycles. The molecule has 0 spiro atoms. The van der Waals surface area contributed by atoms with Gasteiger partial charge in [-0.05, 0) is 36.4 Å². The number of anilines is 1. The van der Waals surface area contributed by atoms with E-state index < -0.39 is 20.9 Å². The molecule has 30 heavy (non-hydrogen) atoms. The van der Waals surface area contributed by atoms with Crippen molar-refractivity contribution in [1.82, 2.24) is 0 Å². The van der Waals surface area contributed by atoms with Gasteiger partial charge in [-0.25, -0.2) is 8.42 Å². The number of benzene rings is 3. The highest BCUT2D eigenvalue weighted by molar-refractivity contribution is 7.93. The molecule has 0 aliphatic carbocycles. The molecule has 0 N–H and O–H groups in total. The second-order valence-corrected chi connectivity index (χ2v) is 8.21. The lowest BCUT2D eigenvalue weighted by molar-refractivity contribution is -0.384. The highest BCUT2D eigenvalue weighted by atomic mass is 35.5. The summed E-state index contributed by atoms with van der Waals surface area (Å²) in [6, 6.07) is 16.2. The Labute approximate surface area is 177 Å². The van der Waals surface area contributed by atoms with Crippen molar-refractivity contribution in [3.05, 3.63) is 93.5 Å². The lowest BCUT2D eigenvalue weighted by Crippen LogP contribution is -2.37. The van der Waals surface area contributed by atoms with Crippen LogP contribution in [-0.4, -0.2) is 26.4 Å². The molecular formula is C20H15ClN2O6S. The zero-order chi connectivity index (χ0) is 21.9. The van der Waals surface area contributed by atoms with Crippen LogP contribution < -0.4 is 9.04 Å². The van der Waals surface area contributed by atoms with E-state index in [1.165, 1.54) is 67.8 Å². The molecule has 1 amide bonds. The zero-order valence-electron chi connectivity index (χ0n) is 15.6. The van der Waals surface area contributed by atoms with E-state index in [9.17, 15) is 23.3 Å². The lowest BCUT2D eigenvalue weighted by Gasteiger charge is -2.23. The molecule has 3 aromatic carbocycles. The molecule has 10 heteroatoms. The van der Waals surface area contributed by atoms with Crippen LogP contribution in [0.2, 0.25) is 5.02 Å². The summed E-state index contributed by atoms with van der Waals surface area (Å²) in [6.45, 7) is 0. The molecule has 0 aliphatic heterocycles. The predicted octanol–water partition coefficient (Wildman–Crippen LogP) is 4.29. The quantitative estimate of drug-likeness (QED) is 0.413. The van der Waals surface area contributed by atoms with Crippen LogP contribution in [0.4, 0.5) is 11.4 Å². The van der Waals surface area contributed by atoms with E-state index in [1.807, 2.05) is 0 Å². The molecule has 0 saturated heterocycles. The van der Waals surface area contributed by atoms with E-state index in [0.717, 1.165) is 6.07 Å². The van der Waals surface area contributed by atoms with Crippen LogP contribution in [0.5, 0.6) is 5.75 Å². The molecule has 0 radical (unpaired) electrons. The summed E-state index contributed by atoms with van der Waals surface area (Å²) in [5.74, 6) is -0.677. The normalized spacial score (nSPS) is 11.0. The van der Waals surface area contributed by atoms with E-state index in [4.69, 9.17) is 16.3 Å². The molecule has 0 bridgehead atoms. The first kappa shape index (κ1) is 21.3. The second-order valence-electron chi connectivity index (χ2n) is 6.01. The maximum Gasteiger partial charge on any atom is 0.272 e. The Morgan fingerprint density at radius 1 is 1.03 bits per heavy atom. The van der Waals surface area contributed by atoms with Crippen molar-refractivity contribution in [2.45, 2.75) is 4.90 Å². The fraction of sp³-hybridized carbons (Fsp3) is 0.0500. The van der Waals surface area contributed by atoms with Crippen molar-refractivity contribution in [2.24, 2.45) is 0 Å². The summed E-state index contributed by atoms with van der Waals surface area (Å²) in [4.78, 5) is 23.5. The average Bonchev–Trinajstić information content (AvgIpc) is 2.74. The number of nitro groups is 1. The smallest absolute Gasteiger partial charge is 0.272 e. The van der Waals surface area contributed by atoms with E-state index in [2.05, 4.69) is 0 Å². The molecule has 154 valence electrons. The van der Waals surface area contributed by atoms with Crippen molar-refractivity contribution in [2.75, 3.05) is 11.4 Å². The number of halogens is 1. The summed E-state index contributed by atoms with van der Waals surface area (Å²) in [7, 11) is -2.96. The molecule has 0 aliphatic rings. The van der Waals surface area contributed by atoms with Crippen LogP contribution >= 0.6 is 11.6 Å². The Kier molecular flexibility index (Phi) is 6.04. The van der Waals surface area contributed by atoms with E-state index in [1.54, 1.807) is 6.07 Å². The Balaban J connectivity index is 2.20. The fourth-order valence-corrected chi connectivity index (χ4v) is 4.39. The van der Waals surface area contributed by atoms with Crippen LogP contribution in [0.3, 0.4) is 0 Å². The maximum atomic E-state index is 13.3. The van der Waals surface area contributed by atoms with Crippen LogP contribution in [-0.2, 0) is 10.0 Å². The summed E-state index contributed by atoms with van der Waals surface area (Å²) in [5.41, 5.74) is -0.553. The minimum absolute atomic E-state index is 0.0406. The van der Waals surface area contributed by atoms with E-state index in [-0.39, 0.29) is 26.9 Å². The van der Waals surface area contributed by atoms with Crippen molar-refractivity contribution in [1.29, 1.82) is 0 Å². The largest absolute Gasteiger partial charge is 0.495 e. The maximum absolute atomic E-state index is 13.3. The van der Waals surface area contributed by atoms with Gasteiger partial charge in [-0.1, -0.05) is 35.9 Å². The van der Waals surface area contributed by atoms with Crippen molar-refractivity contribution >= 4 is 38.9 Å². The number of hydrogen-bond donors (Lipinski definition) is 0. The number of methoxy groups -OCH3 is 1. The average molecular weight is 447 g/mol. The molecule has 0 fully saturated rings. The standard InChI is InChI=1S/C20H15ClN2O6S/c1-29-19-11-10-15(13-18(19)21)22(30(27,28)17-8-3-2-4-9-17)20(24)14-6-5-7-16(12-14)23(25)26/h2-13H,1H3. The number of non-ortho nitro benzene ring substituents is 1. The second kappa shape index (κ2) is 8.52. The Hall–Kier alpha value is -3.43. The third kappa shape index (κ3) is 4.12. The van der Waals surface area contributed by atoms with Crippen LogP contribution in [0.25, 0.3) is 0 Å². The molecule has 0 unspecified atom stereocenters. The Morgan fingerprint density at radius 3 is 2.33 bits per heavy atom. The van der Waals surface area contributed by atoms with Crippen molar-refractivity contribution in [3.8, 4) is 5.75 Å². The number of ether oxygens (including phenoxy) is 1. The third-order valence-corrected chi connectivity index (χ3v) is 6.16. The minimum atomic E-state index is -4.36. The monoisotopic (exact) mass is 446 g/mol. The van der Waals surface area contributed by atoms with Gasteiger partial charge in [-0.15, -0.1) is 0 Å². The predicted molar refractivity (Wildman–Crippen MR) is 112 cm³/mol.